The Bertz CT molecular complexity index is 850. The van der Waals surface area contributed by atoms with Crippen molar-refractivity contribution >= 4 is 11.6 Å². The lowest BCUT2D eigenvalue weighted by Crippen LogP contribution is -2.47. The summed E-state index contributed by atoms with van der Waals surface area (Å²) in [6.45, 7) is 2.83. The molecule has 1 heterocycles. The molecule has 1 aliphatic heterocycles. The molecule has 3 rings (SSSR count). The number of amides is 1. The van der Waals surface area contributed by atoms with E-state index in [9.17, 15) is 4.79 Å². The molecule has 0 spiro atoms. The molecule has 3 N–H and O–H groups in total. The number of nitrogen functional groups attached to an aromatic ring is 1. The molecule has 2 aromatic carbocycles. The first-order valence-electron chi connectivity index (χ1n) is 9.49. The van der Waals surface area contributed by atoms with Gasteiger partial charge < -0.3 is 34.9 Å². The van der Waals surface area contributed by atoms with E-state index in [1.54, 1.807) is 36.3 Å². The number of hydrogen-bond acceptors (Lipinski definition) is 7. The van der Waals surface area contributed by atoms with Gasteiger partial charge in [-0.2, -0.15) is 0 Å². The van der Waals surface area contributed by atoms with E-state index >= 15 is 0 Å². The zero-order valence-electron chi connectivity index (χ0n) is 16.8. The average Bonchev–Trinajstić information content (AvgIpc) is 2.74. The molecule has 2 aromatic rings. The number of piperazine rings is 1. The summed E-state index contributed by atoms with van der Waals surface area (Å²) in [5.74, 6) is 1.47. The van der Waals surface area contributed by atoms with Gasteiger partial charge in [0.2, 0.25) is 0 Å². The number of aliphatic hydroxyl groups is 1. The molecule has 1 aliphatic rings. The first-order chi connectivity index (χ1) is 14.0. The molecule has 29 heavy (non-hydrogen) atoms. The number of benzene rings is 2. The van der Waals surface area contributed by atoms with E-state index in [1.807, 2.05) is 19.2 Å². The molecule has 8 nitrogen and oxygen atoms in total. The standard InChI is InChI=1S/C21H27N3O5/c1-23-7-9-24(10-8-23)21(26)15-13-16(22)20(19(14-15)28-12-11-25)29-18-6-4-3-5-17(18)27-2/h3-6,13-14,25H,7-12,22H2,1-2H3. The van der Waals surface area contributed by atoms with E-state index in [4.69, 9.17) is 25.1 Å². The van der Waals surface area contributed by atoms with Crippen LogP contribution in [0.3, 0.4) is 0 Å². The maximum absolute atomic E-state index is 12.9. The van der Waals surface area contributed by atoms with Gasteiger partial charge in [0.05, 0.1) is 19.4 Å². The number of anilines is 1. The molecule has 1 amide bonds. The fourth-order valence-corrected chi connectivity index (χ4v) is 3.12. The van der Waals surface area contributed by atoms with Crippen molar-refractivity contribution in [3.63, 3.8) is 0 Å². The Kier molecular flexibility index (Phi) is 6.79. The zero-order valence-corrected chi connectivity index (χ0v) is 16.8. The van der Waals surface area contributed by atoms with E-state index in [1.165, 1.54) is 0 Å². The highest BCUT2D eigenvalue weighted by Crippen LogP contribution is 2.41. The van der Waals surface area contributed by atoms with Crippen LogP contribution >= 0.6 is 0 Å². The van der Waals surface area contributed by atoms with Crippen LogP contribution in [0.15, 0.2) is 36.4 Å². The van der Waals surface area contributed by atoms with Crippen LogP contribution in [0.2, 0.25) is 0 Å². The largest absolute Gasteiger partial charge is 0.493 e. The van der Waals surface area contributed by atoms with E-state index < -0.39 is 0 Å². The van der Waals surface area contributed by atoms with Gasteiger partial charge in [-0.3, -0.25) is 4.79 Å². The van der Waals surface area contributed by atoms with Crippen molar-refractivity contribution in [1.82, 2.24) is 9.80 Å². The SMILES string of the molecule is COc1ccccc1Oc1c(N)cc(C(=O)N2CCN(C)CC2)cc1OCCO. The molecule has 156 valence electrons. The van der Waals surface area contributed by atoms with Gasteiger partial charge in [-0.05, 0) is 31.3 Å². The van der Waals surface area contributed by atoms with Gasteiger partial charge in [-0.15, -0.1) is 0 Å². The Morgan fingerprint density at radius 1 is 1.10 bits per heavy atom. The third kappa shape index (κ3) is 4.90. The van der Waals surface area contributed by atoms with E-state index in [-0.39, 0.29) is 30.6 Å². The highest BCUT2D eigenvalue weighted by atomic mass is 16.5. The number of hydrogen-bond donors (Lipinski definition) is 2. The molecule has 1 fully saturated rings. The van der Waals surface area contributed by atoms with Crippen molar-refractivity contribution in [3.05, 3.63) is 42.0 Å². The number of carbonyl (C=O) groups is 1. The molecule has 0 bridgehead atoms. The van der Waals surface area contributed by atoms with Crippen LogP contribution < -0.4 is 19.9 Å². The fourth-order valence-electron chi connectivity index (χ4n) is 3.12. The van der Waals surface area contributed by atoms with Gasteiger partial charge in [0.1, 0.15) is 6.61 Å². The molecule has 1 saturated heterocycles. The normalized spacial score (nSPS) is 14.5. The van der Waals surface area contributed by atoms with Crippen molar-refractivity contribution in [1.29, 1.82) is 0 Å². The lowest BCUT2D eigenvalue weighted by atomic mass is 10.1. The van der Waals surface area contributed by atoms with E-state index in [2.05, 4.69) is 4.90 Å². The molecular formula is C21H27N3O5. The molecule has 0 unspecified atom stereocenters. The second-order valence-electron chi connectivity index (χ2n) is 6.81. The summed E-state index contributed by atoms with van der Waals surface area (Å²) in [7, 11) is 3.58. The van der Waals surface area contributed by atoms with Crippen molar-refractivity contribution < 1.29 is 24.1 Å². The van der Waals surface area contributed by atoms with Crippen molar-refractivity contribution in [3.8, 4) is 23.0 Å². The number of methoxy groups -OCH3 is 1. The number of para-hydroxylation sites is 2. The Balaban J connectivity index is 1.91. The van der Waals surface area contributed by atoms with Crippen LogP contribution in [0.5, 0.6) is 23.0 Å². The molecule has 0 aliphatic carbocycles. The third-order valence-electron chi connectivity index (χ3n) is 4.75. The Morgan fingerprint density at radius 3 is 2.45 bits per heavy atom. The second-order valence-corrected chi connectivity index (χ2v) is 6.81. The zero-order chi connectivity index (χ0) is 20.8. The van der Waals surface area contributed by atoms with Crippen LogP contribution in [-0.4, -0.2) is 74.4 Å². The number of ether oxygens (including phenoxy) is 3. The van der Waals surface area contributed by atoms with Crippen LogP contribution in [-0.2, 0) is 0 Å². The fraction of sp³-hybridized carbons (Fsp3) is 0.381. The molecule has 0 aromatic heterocycles. The highest BCUT2D eigenvalue weighted by Gasteiger charge is 2.23. The highest BCUT2D eigenvalue weighted by molar-refractivity contribution is 5.96. The van der Waals surface area contributed by atoms with E-state index in [0.29, 0.717) is 35.9 Å². The first kappa shape index (κ1) is 20.8. The topological polar surface area (TPSA) is 97.5 Å². The minimum absolute atomic E-state index is 0.0495. The number of nitrogens with zero attached hydrogens (tertiary/aromatic N) is 2. The summed E-state index contributed by atoms with van der Waals surface area (Å²) in [4.78, 5) is 16.9. The summed E-state index contributed by atoms with van der Waals surface area (Å²) in [6, 6.07) is 10.4. The molecular weight excluding hydrogens is 374 g/mol. The van der Waals surface area contributed by atoms with Gasteiger partial charge in [0.25, 0.3) is 5.91 Å². The van der Waals surface area contributed by atoms with Crippen LogP contribution in [0.1, 0.15) is 10.4 Å². The lowest BCUT2D eigenvalue weighted by molar-refractivity contribution is 0.0663. The molecule has 8 heteroatoms. The van der Waals surface area contributed by atoms with Gasteiger partial charge in [0, 0.05) is 31.7 Å². The summed E-state index contributed by atoms with van der Waals surface area (Å²) < 4.78 is 16.9. The van der Waals surface area contributed by atoms with Crippen LogP contribution in [0.25, 0.3) is 0 Å². The predicted molar refractivity (Wildman–Crippen MR) is 110 cm³/mol. The molecule has 0 saturated carbocycles. The summed E-state index contributed by atoms with van der Waals surface area (Å²) >= 11 is 0. The molecule has 0 atom stereocenters. The monoisotopic (exact) mass is 401 g/mol. The minimum Gasteiger partial charge on any atom is -0.493 e. The first-order valence-corrected chi connectivity index (χ1v) is 9.49. The van der Waals surface area contributed by atoms with E-state index in [0.717, 1.165) is 13.1 Å². The number of likely N-dealkylation sites (N-methyl/N-ethyl adjacent to an activating group) is 1. The van der Waals surface area contributed by atoms with Gasteiger partial charge >= 0.3 is 0 Å². The lowest BCUT2D eigenvalue weighted by Gasteiger charge is -2.32. The van der Waals surface area contributed by atoms with Crippen molar-refractivity contribution in [2.24, 2.45) is 0 Å². The Labute approximate surface area is 170 Å². The average molecular weight is 401 g/mol. The summed E-state index contributed by atoms with van der Waals surface area (Å²) in [6.07, 6.45) is 0. The Morgan fingerprint density at radius 2 is 1.79 bits per heavy atom. The summed E-state index contributed by atoms with van der Waals surface area (Å²) in [5.41, 5.74) is 6.93. The van der Waals surface area contributed by atoms with Gasteiger partial charge in [0.15, 0.2) is 23.0 Å². The van der Waals surface area contributed by atoms with Crippen molar-refractivity contribution in [2.45, 2.75) is 0 Å². The number of aliphatic hydroxyl groups excluding tert-OH is 1. The maximum atomic E-state index is 12.9. The number of carbonyl (C=O) groups excluding carboxylic acids is 1. The number of nitrogens with two attached hydrogens (primary N) is 1. The quantitative estimate of drug-likeness (QED) is 0.683. The smallest absolute Gasteiger partial charge is 0.254 e. The molecule has 0 radical (unpaired) electrons. The van der Waals surface area contributed by atoms with Gasteiger partial charge in [-0.1, -0.05) is 12.1 Å². The van der Waals surface area contributed by atoms with Gasteiger partial charge in [-0.25, -0.2) is 0 Å². The number of rotatable bonds is 7. The maximum Gasteiger partial charge on any atom is 0.254 e. The third-order valence-corrected chi connectivity index (χ3v) is 4.75. The van der Waals surface area contributed by atoms with Crippen molar-refractivity contribution in [2.75, 3.05) is 59.3 Å². The predicted octanol–water partition coefficient (Wildman–Crippen LogP) is 1.83. The van der Waals surface area contributed by atoms with Crippen LogP contribution in [0.4, 0.5) is 5.69 Å². The summed E-state index contributed by atoms with van der Waals surface area (Å²) in [5, 5.41) is 9.17. The second kappa shape index (κ2) is 9.49. The minimum atomic E-state index is -0.176. The van der Waals surface area contributed by atoms with Crippen LogP contribution in [0, 0.1) is 0 Å². The Hall–Kier alpha value is -2.97.